The molecule has 1 aromatic carbocycles. The molecule has 0 heterocycles. The largest absolute Gasteiger partial charge is 0.493 e. The fraction of sp³-hybridized carbons (Fsp3) is 0.400. The van der Waals surface area contributed by atoms with Crippen LogP contribution in [0.15, 0.2) is 16.6 Å². The third kappa shape index (κ3) is 5.55. The van der Waals surface area contributed by atoms with E-state index in [0.29, 0.717) is 28.6 Å². The van der Waals surface area contributed by atoms with Crippen molar-refractivity contribution in [1.29, 1.82) is 0 Å². The van der Waals surface area contributed by atoms with Gasteiger partial charge in [-0.25, -0.2) is 0 Å². The quantitative estimate of drug-likeness (QED) is 0.656. The first-order valence-corrected chi connectivity index (χ1v) is 7.74. The number of amides is 2. The summed E-state index contributed by atoms with van der Waals surface area (Å²) in [6.07, 6.45) is 0.660. The van der Waals surface area contributed by atoms with Gasteiger partial charge in [0, 0.05) is 16.6 Å². The molecule has 2 amide bonds. The van der Waals surface area contributed by atoms with E-state index in [9.17, 15) is 14.4 Å². The minimum Gasteiger partial charge on any atom is -0.493 e. The average Bonchev–Trinajstić information content (AvgIpc) is 2.53. The van der Waals surface area contributed by atoms with Crippen molar-refractivity contribution in [3.63, 3.8) is 0 Å². The summed E-state index contributed by atoms with van der Waals surface area (Å²) in [7, 11) is 1.45. The molecule has 0 radical (unpaired) electrons. The van der Waals surface area contributed by atoms with E-state index >= 15 is 0 Å². The monoisotopic (exact) mass is 386 g/mol. The highest BCUT2D eigenvalue weighted by Gasteiger charge is 2.16. The number of halogens is 1. The number of rotatable bonds is 8. The Morgan fingerprint density at radius 3 is 2.61 bits per heavy atom. The molecule has 0 aliphatic rings. The summed E-state index contributed by atoms with van der Waals surface area (Å²) in [6.45, 7) is 3.55. The summed E-state index contributed by atoms with van der Waals surface area (Å²) in [5.41, 5.74) is 0.372. The van der Waals surface area contributed by atoms with E-state index < -0.39 is 11.9 Å². The smallest absolute Gasteiger partial charge is 0.258 e. The Hall–Kier alpha value is -2.09. The first kappa shape index (κ1) is 19.0. The molecule has 23 heavy (non-hydrogen) atoms. The number of ether oxygens (including phenoxy) is 2. The molecule has 0 saturated heterocycles. The maximum atomic E-state index is 11.8. The standard InChI is InChI=1S/C15H19BrN2O5/c1-4-17-15(21)9(2)18-14(20)8-23-13-5-10(7-19)11(16)6-12(13)22-3/h5-7,9H,4,8H2,1-3H3,(H,17,21)(H,18,20)/t9-/m1/s1. The van der Waals surface area contributed by atoms with Crippen LogP contribution >= 0.6 is 15.9 Å². The fourth-order valence-corrected chi connectivity index (χ4v) is 2.15. The van der Waals surface area contributed by atoms with Crippen LogP contribution in [0.2, 0.25) is 0 Å². The van der Waals surface area contributed by atoms with Crippen molar-refractivity contribution in [2.75, 3.05) is 20.3 Å². The van der Waals surface area contributed by atoms with E-state index in [-0.39, 0.29) is 18.3 Å². The van der Waals surface area contributed by atoms with Crippen molar-refractivity contribution in [3.05, 3.63) is 22.2 Å². The molecule has 0 aromatic heterocycles. The van der Waals surface area contributed by atoms with Crippen LogP contribution in [-0.2, 0) is 9.59 Å². The zero-order chi connectivity index (χ0) is 17.4. The molecule has 8 heteroatoms. The summed E-state index contributed by atoms with van der Waals surface area (Å²) in [4.78, 5) is 34.3. The van der Waals surface area contributed by atoms with Crippen molar-refractivity contribution in [2.45, 2.75) is 19.9 Å². The Labute approximate surface area is 142 Å². The highest BCUT2D eigenvalue weighted by molar-refractivity contribution is 9.10. The first-order valence-electron chi connectivity index (χ1n) is 6.95. The van der Waals surface area contributed by atoms with Gasteiger partial charge in [-0.05, 0) is 41.9 Å². The van der Waals surface area contributed by atoms with Crippen LogP contribution in [0.4, 0.5) is 0 Å². The summed E-state index contributed by atoms with van der Waals surface area (Å²) in [5.74, 6) is -0.0858. The number of carbonyl (C=O) groups excluding carboxylic acids is 3. The summed E-state index contributed by atoms with van der Waals surface area (Å²) < 4.78 is 11.1. The van der Waals surface area contributed by atoms with Gasteiger partial charge < -0.3 is 20.1 Å². The van der Waals surface area contributed by atoms with Gasteiger partial charge in [0.2, 0.25) is 5.91 Å². The number of benzene rings is 1. The summed E-state index contributed by atoms with van der Waals surface area (Å²) in [5, 5.41) is 5.12. The number of nitrogens with one attached hydrogen (secondary N) is 2. The minimum atomic E-state index is -0.664. The average molecular weight is 387 g/mol. The Morgan fingerprint density at radius 2 is 2.04 bits per heavy atom. The van der Waals surface area contributed by atoms with Crippen LogP contribution in [0.3, 0.4) is 0 Å². The van der Waals surface area contributed by atoms with Crippen LogP contribution in [0.1, 0.15) is 24.2 Å². The second kappa shape index (κ2) is 9.14. The molecule has 0 bridgehead atoms. The normalized spacial score (nSPS) is 11.3. The molecule has 126 valence electrons. The topological polar surface area (TPSA) is 93.7 Å². The van der Waals surface area contributed by atoms with E-state index in [4.69, 9.17) is 9.47 Å². The van der Waals surface area contributed by atoms with Crippen LogP contribution in [-0.4, -0.2) is 44.4 Å². The predicted molar refractivity (Wildman–Crippen MR) is 87.9 cm³/mol. The lowest BCUT2D eigenvalue weighted by atomic mass is 10.2. The SMILES string of the molecule is CCNC(=O)[C@@H](C)NC(=O)COc1cc(C=O)c(Br)cc1OC. The number of aldehydes is 1. The Morgan fingerprint density at radius 1 is 1.35 bits per heavy atom. The van der Waals surface area contributed by atoms with E-state index in [1.54, 1.807) is 19.9 Å². The molecule has 0 fully saturated rings. The van der Waals surface area contributed by atoms with E-state index in [2.05, 4.69) is 26.6 Å². The molecule has 1 aromatic rings. The molecule has 2 N–H and O–H groups in total. The predicted octanol–water partition coefficient (Wildman–Crippen LogP) is 1.29. The highest BCUT2D eigenvalue weighted by Crippen LogP contribution is 2.32. The van der Waals surface area contributed by atoms with Gasteiger partial charge in [-0.15, -0.1) is 0 Å². The van der Waals surface area contributed by atoms with Gasteiger partial charge in [0.25, 0.3) is 5.91 Å². The molecule has 0 spiro atoms. The van der Waals surface area contributed by atoms with E-state index in [0.717, 1.165) is 0 Å². The van der Waals surface area contributed by atoms with Gasteiger partial charge in [-0.1, -0.05) is 0 Å². The lowest BCUT2D eigenvalue weighted by Crippen LogP contribution is -2.46. The number of methoxy groups -OCH3 is 1. The molecular weight excluding hydrogens is 368 g/mol. The second-order valence-corrected chi connectivity index (χ2v) is 5.47. The van der Waals surface area contributed by atoms with Gasteiger partial charge in [0.1, 0.15) is 6.04 Å². The molecule has 0 aliphatic heterocycles. The Kier molecular flexibility index (Phi) is 7.53. The third-order valence-electron chi connectivity index (χ3n) is 2.89. The van der Waals surface area contributed by atoms with Gasteiger partial charge in [0.15, 0.2) is 24.4 Å². The first-order chi connectivity index (χ1) is 10.9. The number of hydrogen-bond donors (Lipinski definition) is 2. The third-order valence-corrected chi connectivity index (χ3v) is 3.58. The van der Waals surface area contributed by atoms with Crippen molar-refractivity contribution in [1.82, 2.24) is 10.6 Å². The lowest BCUT2D eigenvalue weighted by molar-refractivity contribution is -0.129. The molecule has 1 rings (SSSR count). The van der Waals surface area contributed by atoms with Crippen molar-refractivity contribution >= 4 is 34.0 Å². The van der Waals surface area contributed by atoms with Gasteiger partial charge >= 0.3 is 0 Å². The van der Waals surface area contributed by atoms with Crippen molar-refractivity contribution < 1.29 is 23.9 Å². The Bertz CT molecular complexity index is 591. The maximum Gasteiger partial charge on any atom is 0.258 e. The van der Waals surface area contributed by atoms with Crippen LogP contribution in [0.25, 0.3) is 0 Å². The van der Waals surface area contributed by atoms with Gasteiger partial charge in [-0.2, -0.15) is 0 Å². The summed E-state index contributed by atoms with van der Waals surface area (Å²) in [6, 6.07) is 2.38. The fourth-order valence-electron chi connectivity index (χ4n) is 1.73. The van der Waals surface area contributed by atoms with Crippen molar-refractivity contribution in [2.24, 2.45) is 0 Å². The zero-order valence-corrected chi connectivity index (χ0v) is 14.7. The van der Waals surface area contributed by atoms with Crippen molar-refractivity contribution in [3.8, 4) is 11.5 Å². The van der Waals surface area contributed by atoms with Gasteiger partial charge in [0.05, 0.1) is 7.11 Å². The molecule has 0 saturated carbocycles. The van der Waals surface area contributed by atoms with Gasteiger partial charge in [-0.3, -0.25) is 14.4 Å². The molecular formula is C15H19BrN2O5. The minimum absolute atomic E-state index is 0.263. The highest BCUT2D eigenvalue weighted by atomic mass is 79.9. The molecule has 1 atom stereocenters. The van der Waals surface area contributed by atoms with Crippen LogP contribution in [0.5, 0.6) is 11.5 Å². The lowest BCUT2D eigenvalue weighted by Gasteiger charge is -2.15. The van der Waals surface area contributed by atoms with E-state index in [1.165, 1.54) is 13.2 Å². The zero-order valence-electron chi connectivity index (χ0n) is 13.1. The summed E-state index contributed by atoms with van der Waals surface area (Å²) >= 11 is 3.24. The maximum absolute atomic E-state index is 11.8. The number of hydrogen-bond acceptors (Lipinski definition) is 5. The number of carbonyl (C=O) groups is 3. The van der Waals surface area contributed by atoms with E-state index in [1.807, 2.05) is 0 Å². The second-order valence-electron chi connectivity index (χ2n) is 4.61. The Balaban J connectivity index is 2.69. The molecule has 0 aliphatic carbocycles. The molecule has 7 nitrogen and oxygen atoms in total. The van der Waals surface area contributed by atoms with Crippen LogP contribution < -0.4 is 20.1 Å². The van der Waals surface area contributed by atoms with Crippen LogP contribution in [0, 0.1) is 0 Å². The molecule has 0 unspecified atom stereocenters. The number of likely N-dealkylation sites (N-methyl/N-ethyl adjacent to an activating group) is 1.